The van der Waals surface area contributed by atoms with Crippen LogP contribution in [0, 0.1) is 18.3 Å². The van der Waals surface area contributed by atoms with Gasteiger partial charge in [-0.3, -0.25) is 0 Å². The lowest BCUT2D eigenvalue weighted by Gasteiger charge is -2.14. The summed E-state index contributed by atoms with van der Waals surface area (Å²) in [6.45, 7) is 1.87. The van der Waals surface area contributed by atoms with Crippen molar-refractivity contribution >= 4 is 37.7 Å². The number of benzene rings is 3. The minimum atomic E-state index is -4.05. The van der Waals surface area contributed by atoms with E-state index in [2.05, 4.69) is 22.0 Å². The summed E-state index contributed by atoms with van der Waals surface area (Å²) < 4.78 is 36.5. The SMILES string of the molecule is COc1cc(/C=C(\C#N)c2ccccc2)cc(Br)c1OS(=O)(=O)c1ccc(C)cc1. The molecular weight excluding hydrogens is 466 g/mol. The molecule has 0 fully saturated rings. The number of hydrogen-bond acceptors (Lipinski definition) is 5. The smallest absolute Gasteiger partial charge is 0.339 e. The van der Waals surface area contributed by atoms with Gasteiger partial charge < -0.3 is 8.92 Å². The second-order valence-corrected chi connectivity index (χ2v) is 8.82. The van der Waals surface area contributed by atoms with Gasteiger partial charge in [0.2, 0.25) is 0 Å². The van der Waals surface area contributed by atoms with Crippen LogP contribution in [0.15, 0.2) is 76.1 Å². The van der Waals surface area contributed by atoms with Gasteiger partial charge in [0.15, 0.2) is 11.5 Å². The average molecular weight is 484 g/mol. The zero-order valence-electron chi connectivity index (χ0n) is 16.3. The quantitative estimate of drug-likeness (QED) is 0.259. The van der Waals surface area contributed by atoms with Crippen LogP contribution in [-0.4, -0.2) is 15.5 Å². The second-order valence-electron chi connectivity index (χ2n) is 6.42. The van der Waals surface area contributed by atoms with E-state index in [0.717, 1.165) is 11.1 Å². The number of halogens is 1. The molecule has 0 aliphatic heterocycles. The Kier molecular flexibility index (Phi) is 6.60. The van der Waals surface area contributed by atoms with Gasteiger partial charge in [-0.05, 0) is 64.3 Å². The van der Waals surface area contributed by atoms with Crippen LogP contribution in [0.2, 0.25) is 0 Å². The summed E-state index contributed by atoms with van der Waals surface area (Å²) in [5, 5.41) is 9.52. The van der Waals surface area contributed by atoms with Crippen LogP contribution in [-0.2, 0) is 10.1 Å². The number of nitriles is 1. The third-order valence-corrected chi connectivity index (χ3v) is 6.10. The second kappa shape index (κ2) is 9.16. The van der Waals surface area contributed by atoms with Crippen molar-refractivity contribution in [2.75, 3.05) is 7.11 Å². The first-order valence-corrected chi connectivity index (χ1v) is 11.1. The van der Waals surface area contributed by atoms with Crippen molar-refractivity contribution < 1.29 is 17.3 Å². The number of allylic oxidation sites excluding steroid dienone is 1. The van der Waals surface area contributed by atoms with Crippen molar-refractivity contribution in [3.8, 4) is 17.6 Å². The highest BCUT2D eigenvalue weighted by Crippen LogP contribution is 2.39. The molecule has 0 spiro atoms. The van der Waals surface area contributed by atoms with E-state index < -0.39 is 10.1 Å². The lowest BCUT2D eigenvalue weighted by molar-refractivity contribution is 0.389. The number of nitrogens with zero attached hydrogens (tertiary/aromatic N) is 1. The molecule has 0 aliphatic carbocycles. The minimum Gasteiger partial charge on any atom is -0.493 e. The summed E-state index contributed by atoms with van der Waals surface area (Å²) in [5.74, 6) is 0.255. The summed E-state index contributed by atoms with van der Waals surface area (Å²) >= 11 is 3.36. The molecule has 0 N–H and O–H groups in total. The van der Waals surface area contributed by atoms with Crippen molar-refractivity contribution in [1.82, 2.24) is 0 Å². The zero-order valence-corrected chi connectivity index (χ0v) is 18.7. The third kappa shape index (κ3) is 4.90. The Morgan fingerprint density at radius 2 is 1.73 bits per heavy atom. The van der Waals surface area contributed by atoms with Gasteiger partial charge in [-0.1, -0.05) is 48.0 Å². The first-order valence-electron chi connectivity index (χ1n) is 8.90. The van der Waals surface area contributed by atoms with Crippen LogP contribution in [0.3, 0.4) is 0 Å². The minimum absolute atomic E-state index is 0.0356. The molecule has 0 bridgehead atoms. The first-order chi connectivity index (χ1) is 14.3. The van der Waals surface area contributed by atoms with Crippen molar-refractivity contribution in [2.45, 2.75) is 11.8 Å². The number of methoxy groups -OCH3 is 1. The Morgan fingerprint density at radius 1 is 1.07 bits per heavy atom. The van der Waals surface area contributed by atoms with Crippen LogP contribution in [0.5, 0.6) is 11.5 Å². The fourth-order valence-corrected chi connectivity index (χ4v) is 4.34. The summed E-state index contributed by atoms with van der Waals surface area (Å²) in [7, 11) is -2.63. The largest absolute Gasteiger partial charge is 0.493 e. The Bertz CT molecular complexity index is 1230. The maximum atomic E-state index is 12.7. The normalized spacial score (nSPS) is 11.6. The molecule has 5 nitrogen and oxygen atoms in total. The highest BCUT2D eigenvalue weighted by Gasteiger charge is 2.22. The summed E-state index contributed by atoms with van der Waals surface area (Å²) in [5.41, 5.74) is 2.83. The number of hydrogen-bond donors (Lipinski definition) is 0. The van der Waals surface area contributed by atoms with E-state index in [1.54, 1.807) is 30.3 Å². The molecule has 0 unspecified atom stereocenters. The predicted molar refractivity (Wildman–Crippen MR) is 120 cm³/mol. The molecule has 0 amide bonds. The van der Waals surface area contributed by atoms with Crippen LogP contribution >= 0.6 is 15.9 Å². The molecule has 0 heterocycles. The molecule has 0 saturated heterocycles. The number of rotatable bonds is 6. The van der Waals surface area contributed by atoms with Gasteiger partial charge in [0.25, 0.3) is 0 Å². The molecule has 3 aromatic rings. The summed E-state index contributed by atoms with van der Waals surface area (Å²) in [4.78, 5) is 0.0434. The number of aryl methyl sites for hydroxylation is 1. The standard InChI is InChI=1S/C23H18BrNO4S/c1-16-8-10-20(11-9-16)30(26,27)29-23-21(24)13-17(14-22(23)28-2)12-19(15-25)18-6-4-3-5-7-18/h3-14H,1-2H3/b19-12+. The van der Waals surface area contributed by atoms with Crippen LogP contribution in [0.1, 0.15) is 16.7 Å². The highest BCUT2D eigenvalue weighted by molar-refractivity contribution is 9.10. The fourth-order valence-electron chi connectivity index (χ4n) is 2.73. The first kappa shape index (κ1) is 21.6. The molecule has 3 aromatic carbocycles. The Hall–Kier alpha value is -3.08. The van der Waals surface area contributed by atoms with Gasteiger partial charge in [-0.15, -0.1) is 0 Å². The molecule has 152 valence electrons. The predicted octanol–water partition coefficient (Wildman–Crippen LogP) is 5.60. The van der Waals surface area contributed by atoms with E-state index in [-0.39, 0.29) is 16.4 Å². The average Bonchev–Trinajstić information content (AvgIpc) is 2.74. The Morgan fingerprint density at radius 3 is 2.33 bits per heavy atom. The molecule has 0 radical (unpaired) electrons. The van der Waals surface area contributed by atoms with Crippen molar-refractivity contribution in [2.24, 2.45) is 0 Å². The maximum absolute atomic E-state index is 12.7. The molecule has 0 aliphatic rings. The van der Waals surface area contributed by atoms with Gasteiger partial charge in [0.05, 0.1) is 23.2 Å². The molecule has 0 aromatic heterocycles. The van der Waals surface area contributed by atoms with Gasteiger partial charge in [-0.25, -0.2) is 0 Å². The van der Waals surface area contributed by atoms with E-state index >= 15 is 0 Å². The van der Waals surface area contributed by atoms with E-state index in [9.17, 15) is 13.7 Å². The molecular formula is C23H18BrNO4S. The fraction of sp³-hybridized carbons (Fsp3) is 0.0870. The third-order valence-electron chi connectivity index (χ3n) is 4.27. The van der Waals surface area contributed by atoms with Crippen LogP contribution in [0.25, 0.3) is 11.6 Å². The Labute approximate surface area is 184 Å². The van der Waals surface area contributed by atoms with Gasteiger partial charge in [-0.2, -0.15) is 13.7 Å². The lowest BCUT2D eigenvalue weighted by atomic mass is 10.0. The topological polar surface area (TPSA) is 76.4 Å². The van der Waals surface area contributed by atoms with E-state index in [1.165, 1.54) is 19.2 Å². The molecule has 0 atom stereocenters. The maximum Gasteiger partial charge on any atom is 0.339 e. The molecule has 3 rings (SSSR count). The summed E-state index contributed by atoms with van der Waals surface area (Å²) in [6, 6.07) is 21.1. The van der Waals surface area contributed by atoms with E-state index in [0.29, 0.717) is 15.6 Å². The summed E-state index contributed by atoms with van der Waals surface area (Å²) in [6.07, 6.45) is 1.70. The van der Waals surface area contributed by atoms with Gasteiger partial charge in [0.1, 0.15) is 4.90 Å². The highest BCUT2D eigenvalue weighted by atomic mass is 79.9. The van der Waals surface area contributed by atoms with E-state index in [4.69, 9.17) is 8.92 Å². The monoisotopic (exact) mass is 483 g/mol. The molecule has 0 saturated carbocycles. The molecule has 7 heteroatoms. The van der Waals surface area contributed by atoms with Gasteiger partial charge in [0, 0.05) is 0 Å². The number of ether oxygens (including phenoxy) is 1. The van der Waals surface area contributed by atoms with Crippen molar-refractivity contribution in [3.05, 3.63) is 87.9 Å². The zero-order chi connectivity index (χ0) is 21.7. The van der Waals surface area contributed by atoms with Crippen molar-refractivity contribution in [1.29, 1.82) is 5.26 Å². The Balaban J connectivity index is 2.00. The lowest BCUT2D eigenvalue weighted by Crippen LogP contribution is -2.11. The molecule has 30 heavy (non-hydrogen) atoms. The van der Waals surface area contributed by atoms with Crippen LogP contribution in [0.4, 0.5) is 0 Å². The van der Waals surface area contributed by atoms with Crippen molar-refractivity contribution in [3.63, 3.8) is 0 Å². The van der Waals surface area contributed by atoms with E-state index in [1.807, 2.05) is 37.3 Å². The van der Waals surface area contributed by atoms with Gasteiger partial charge >= 0.3 is 10.1 Å². The van der Waals surface area contributed by atoms with Crippen LogP contribution < -0.4 is 8.92 Å².